The Morgan fingerprint density at radius 1 is 1.16 bits per heavy atom. The van der Waals surface area contributed by atoms with Crippen LogP contribution in [0.25, 0.3) is 5.69 Å². The fraction of sp³-hybridized carbons (Fsp3) is 0.0625. The van der Waals surface area contributed by atoms with Crippen molar-refractivity contribution < 1.29 is 9.59 Å². The second-order valence-electron chi connectivity index (χ2n) is 4.99. The Morgan fingerprint density at radius 2 is 2.04 bits per heavy atom. The van der Waals surface area contributed by atoms with Crippen LogP contribution < -0.4 is 16.2 Å². The molecule has 0 unspecified atom stereocenters. The Bertz CT molecular complexity index is 878. The van der Waals surface area contributed by atoms with E-state index in [1.54, 1.807) is 23.0 Å². The number of amides is 3. The number of carbonyl (C=O) groups is 2. The summed E-state index contributed by atoms with van der Waals surface area (Å²) in [5.74, 6) is -0.369. The molecule has 7 nitrogen and oxygen atoms in total. The fourth-order valence-electron chi connectivity index (χ4n) is 2.07. The highest BCUT2D eigenvalue weighted by molar-refractivity contribution is 9.11. The molecule has 0 atom stereocenters. The zero-order chi connectivity index (χ0) is 17.6. The molecule has 0 fully saturated rings. The number of hydrazine groups is 1. The van der Waals surface area contributed by atoms with Crippen LogP contribution >= 0.6 is 27.3 Å². The zero-order valence-electron chi connectivity index (χ0n) is 12.9. The van der Waals surface area contributed by atoms with Crippen LogP contribution in [0.15, 0.2) is 58.6 Å². The number of aromatic nitrogens is 2. The topological polar surface area (TPSA) is 88.1 Å². The van der Waals surface area contributed by atoms with Gasteiger partial charge in [0.1, 0.15) is 0 Å². The molecule has 25 heavy (non-hydrogen) atoms. The van der Waals surface area contributed by atoms with E-state index in [1.165, 1.54) is 11.3 Å². The quantitative estimate of drug-likeness (QED) is 0.568. The van der Waals surface area contributed by atoms with E-state index in [4.69, 9.17) is 0 Å². The van der Waals surface area contributed by atoms with Crippen molar-refractivity contribution in [3.8, 4) is 5.69 Å². The molecular weight excluding hydrogens is 406 g/mol. The van der Waals surface area contributed by atoms with Crippen molar-refractivity contribution in [1.29, 1.82) is 0 Å². The molecule has 2 heterocycles. The molecule has 2 aromatic heterocycles. The number of hydrogen-bond donors (Lipinski definition) is 3. The van der Waals surface area contributed by atoms with Crippen LogP contribution in [-0.2, 0) is 6.54 Å². The largest absolute Gasteiger partial charge is 0.333 e. The average Bonchev–Trinajstić information content (AvgIpc) is 3.30. The lowest BCUT2D eigenvalue weighted by Crippen LogP contribution is -2.46. The number of nitrogens with zero attached hydrogens (tertiary/aromatic N) is 2. The Balaban J connectivity index is 1.49. The Labute approximate surface area is 156 Å². The summed E-state index contributed by atoms with van der Waals surface area (Å²) in [5.41, 5.74) is 6.50. The van der Waals surface area contributed by atoms with Crippen LogP contribution in [0, 0.1) is 0 Å². The van der Waals surface area contributed by atoms with Crippen LogP contribution in [-0.4, -0.2) is 21.7 Å². The Kier molecular flexibility index (Phi) is 5.46. The molecule has 0 saturated heterocycles. The fourth-order valence-corrected chi connectivity index (χ4v) is 3.35. The molecule has 0 saturated carbocycles. The van der Waals surface area contributed by atoms with Gasteiger partial charge in [-0.2, -0.15) is 5.10 Å². The van der Waals surface area contributed by atoms with Gasteiger partial charge in [0.15, 0.2) is 0 Å². The monoisotopic (exact) mass is 419 g/mol. The van der Waals surface area contributed by atoms with Crippen LogP contribution in [0.5, 0.6) is 0 Å². The summed E-state index contributed by atoms with van der Waals surface area (Å²) in [6.45, 7) is 0.321. The molecule has 9 heteroatoms. The minimum Gasteiger partial charge on any atom is -0.333 e. The molecule has 3 N–H and O–H groups in total. The molecule has 0 aliphatic rings. The van der Waals surface area contributed by atoms with Crippen molar-refractivity contribution >= 4 is 39.2 Å². The lowest BCUT2D eigenvalue weighted by atomic mass is 10.2. The van der Waals surface area contributed by atoms with Crippen molar-refractivity contribution in [2.24, 2.45) is 0 Å². The highest BCUT2D eigenvalue weighted by Gasteiger charge is 2.09. The lowest BCUT2D eigenvalue weighted by molar-refractivity contribution is 0.0940. The van der Waals surface area contributed by atoms with Gasteiger partial charge in [0.05, 0.1) is 14.4 Å². The number of thiophene rings is 1. The lowest BCUT2D eigenvalue weighted by Gasteiger charge is -2.09. The van der Waals surface area contributed by atoms with E-state index in [0.717, 1.165) is 15.0 Å². The molecule has 0 aliphatic heterocycles. The third-order valence-corrected chi connectivity index (χ3v) is 4.84. The first kappa shape index (κ1) is 17.2. The van der Waals surface area contributed by atoms with Crippen LogP contribution in [0.2, 0.25) is 0 Å². The number of nitrogens with one attached hydrogen (secondary N) is 3. The smallest absolute Gasteiger partial charge is 0.333 e. The summed E-state index contributed by atoms with van der Waals surface area (Å²) in [6.07, 6.45) is 3.55. The van der Waals surface area contributed by atoms with Crippen molar-refractivity contribution in [2.45, 2.75) is 6.54 Å². The van der Waals surface area contributed by atoms with Gasteiger partial charge in [-0.1, -0.05) is 12.1 Å². The van der Waals surface area contributed by atoms with Crippen LogP contribution in [0.3, 0.4) is 0 Å². The van der Waals surface area contributed by atoms with Gasteiger partial charge >= 0.3 is 6.03 Å². The Hall–Kier alpha value is -2.65. The maximum absolute atomic E-state index is 11.8. The number of hydrogen-bond acceptors (Lipinski definition) is 4. The second kappa shape index (κ2) is 7.95. The Morgan fingerprint density at radius 3 is 2.76 bits per heavy atom. The molecule has 3 rings (SSSR count). The SMILES string of the molecule is O=C(NCc1cccc(-n2cccn2)c1)NNC(=O)c1ccc(Br)s1. The van der Waals surface area contributed by atoms with Crippen molar-refractivity contribution in [3.05, 3.63) is 69.1 Å². The normalized spacial score (nSPS) is 10.3. The first-order chi connectivity index (χ1) is 12.1. The second-order valence-corrected chi connectivity index (χ2v) is 7.45. The minimum absolute atomic E-state index is 0.321. The van der Waals surface area contributed by atoms with E-state index >= 15 is 0 Å². The van der Waals surface area contributed by atoms with E-state index in [2.05, 4.69) is 37.2 Å². The molecule has 0 aliphatic carbocycles. The molecule has 0 spiro atoms. The molecule has 1 aromatic carbocycles. The molecular formula is C16H14BrN5O2S. The molecule has 128 valence electrons. The predicted octanol–water partition coefficient (Wildman–Crippen LogP) is 2.84. The van der Waals surface area contributed by atoms with E-state index in [-0.39, 0.29) is 5.91 Å². The minimum atomic E-state index is -0.492. The van der Waals surface area contributed by atoms with Gasteiger partial charge < -0.3 is 5.32 Å². The first-order valence-electron chi connectivity index (χ1n) is 7.30. The summed E-state index contributed by atoms with van der Waals surface area (Å²) < 4.78 is 2.59. The average molecular weight is 420 g/mol. The standard InChI is InChI=1S/C16H14BrN5O2S/c17-14-6-5-13(25-14)15(23)20-21-16(24)18-10-11-3-1-4-12(9-11)22-8-2-7-19-22/h1-9H,10H2,(H,20,23)(H2,18,21,24). The molecule has 3 amide bonds. The van der Waals surface area contributed by atoms with E-state index in [0.29, 0.717) is 11.4 Å². The molecule has 3 aromatic rings. The van der Waals surface area contributed by atoms with Gasteiger partial charge in [0, 0.05) is 18.9 Å². The van der Waals surface area contributed by atoms with Gasteiger partial charge in [-0.3, -0.25) is 10.2 Å². The molecule has 0 radical (unpaired) electrons. The van der Waals surface area contributed by atoms with Gasteiger partial charge in [-0.25, -0.2) is 14.9 Å². The third kappa shape index (κ3) is 4.68. The number of carbonyl (C=O) groups excluding carboxylic acids is 2. The van der Waals surface area contributed by atoms with Gasteiger partial charge in [-0.15, -0.1) is 11.3 Å². The highest BCUT2D eigenvalue weighted by atomic mass is 79.9. The third-order valence-electron chi connectivity index (χ3n) is 3.22. The van der Waals surface area contributed by atoms with Gasteiger partial charge in [0.2, 0.25) is 0 Å². The van der Waals surface area contributed by atoms with Gasteiger partial charge in [-0.05, 0) is 51.8 Å². The summed E-state index contributed by atoms with van der Waals surface area (Å²) in [5, 5.41) is 6.85. The number of halogens is 1. The molecule has 0 bridgehead atoms. The van der Waals surface area contributed by atoms with Crippen molar-refractivity contribution in [3.63, 3.8) is 0 Å². The highest BCUT2D eigenvalue weighted by Crippen LogP contribution is 2.21. The van der Waals surface area contributed by atoms with Crippen molar-refractivity contribution in [2.75, 3.05) is 0 Å². The summed E-state index contributed by atoms with van der Waals surface area (Å²) in [4.78, 5) is 24.1. The van der Waals surface area contributed by atoms with Gasteiger partial charge in [0.25, 0.3) is 5.91 Å². The first-order valence-corrected chi connectivity index (χ1v) is 8.91. The number of urea groups is 1. The van der Waals surface area contributed by atoms with E-state index in [9.17, 15) is 9.59 Å². The maximum atomic E-state index is 11.8. The summed E-state index contributed by atoms with van der Waals surface area (Å²) in [6, 6.07) is 12.4. The summed E-state index contributed by atoms with van der Waals surface area (Å²) in [7, 11) is 0. The maximum Gasteiger partial charge on any atom is 0.333 e. The zero-order valence-corrected chi connectivity index (χ0v) is 15.3. The van der Waals surface area contributed by atoms with Crippen LogP contribution in [0.1, 0.15) is 15.2 Å². The van der Waals surface area contributed by atoms with Crippen LogP contribution in [0.4, 0.5) is 4.79 Å². The van der Waals surface area contributed by atoms with E-state index < -0.39 is 6.03 Å². The van der Waals surface area contributed by atoms with E-state index in [1.807, 2.05) is 36.5 Å². The number of benzene rings is 1. The van der Waals surface area contributed by atoms with Crippen molar-refractivity contribution in [1.82, 2.24) is 25.9 Å². The number of rotatable bonds is 4. The summed E-state index contributed by atoms with van der Waals surface area (Å²) >= 11 is 4.57. The predicted molar refractivity (Wildman–Crippen MR) is 98.4 cm³/mol.